The summed E-state index contributed by atoms with van der Waals surface area (Å²) in [6, 6.07) is 8.55. The Morgan fingerprint density at radius 2 is 2.18 bits per heavy atom. The highest BCUT2D eigenvalue weighted by atomic mass is 16.5. The first-order valence-corrected chi connectivity index (χ1v) is 6.17. The number of ether oxygens (including phenoxy) is 1. The van der Waals surface area contributed by atoms with Crippen LogP contribution in [0.5, 0.6) is 5.75 Å². The molecular weight excluding hydrogens is 214 g/mol. The summed E-state index contributed by atoms with van der Waals surface area (Å²) in [5.74, 6) is 1.18. The summed E-state index contributed by atoms with van der Waals surface area (Å²) in [5, 5.41) is 0. The van der Waals surface area contributed by atoms with Crippen molar-refractivity contribution in [1.29, 1.82) is 0 Å². The van der Waals surface area contributed by atoms with E-state index in [2.05, 4.69) is 29.9 Å². The summed E-state index contributed by atoms with van der Waals surface area (Å²) in [6.45, 7) is 2.19. The smallest absolute Gasteiger partial charge is 0.119 e. The largest absolute Gasteiger partial charge is 0.497 e. The molecule has 0 spiro atoms. The van der Waals surface area contributed by atoms with Gasteiger partial charge in [0, 0.05) is 12.0 Å². The lowest BCUT2D eigenvalue weighted by Crippen LogP contribution is -2.38. The van der Waals surface area contributed by atoms with Gasteiger partial charge in [-0.15, -0.1) is 0 Å². The maximum absolute atomic E-state index is 6.11. The Morgan fingerprint density at radius 1 is 1.35 bits per heavy atom. The van der Waals surface area contributed by atoms with Crippen molar-refractivity contribution in [3.8, 4) is 5.75 Å². The molecule has 0 radical (unpaired) electrons. The summed E-state index contributed by atoms with van der Waals surface area (Å²) in [6.07, 6.45) is 2.22. The van der Waals surface area contributed by atoms with E-state index in [0.717, 1.165) is 18.6 Å². The van der Waals surface area contributed by atoms with Crippen molar-refractivity contribution >= 4 is 0 Å². The highest BCUT2D eigenvalue weighted by molar-refractivity contribution is 5.33. The summed E-state index contributed by atoms with van der Waals surface area (Å²) in [5.41, 5.74) is 13.7. The number of benzene rings is 1. The fraction of sp³-hybridized carbons (Fsp3) is 0.538. The van der Waals surface area contributed by atoms with Crippen LogP contribution in [0.25, 0.3) is 0 Å². The molecule has 1 heterocycles. The van der Waals surface area contributed by atoms with Gasteiger partial charge in [0.1, 0.15) is 5.75 Å². The van der Waals surface area contributed by atoms with Crippen LogP contribution in [0.4, 0.5) is 0 Å². The van der Waals surface area contributed by atoms with Gasteiger partial charge in [-0.25, -0.2) is 5.43 Å². The maximum atomic E-state index is 6.11. The predicted molar refractivity (Wildman–Crippen MR) is 68.7 cm³/mol. The highest BCUT2D eigenvalue weighted by Crippen LogP contribution is 2.29. The first kappa shape index (κ1) is 12.4. The Balaban J connectivity index is 2.22. The first-order valence-electron chi connectivity index (χ1n) is 6.17. The van der Waals surface area contributed by atoms with Crippen molar-refractivity contribution in [1.82, 2.24) is 10.9 Å². The van der Waals surface area contributed by atoms with Crippen LogP contribution >= 0.6 is 0 Å². The Labute approximate surface area is 103 Å². The van der Waals surface area contributed by atoms with Crippen molar-refractivity contribution in [2.45, 2.75) is 37.9 Å². The molecule has 3 unspecified atom stereocenters. The SMILES string of the molecule is CCCC1NNC(N)C1c1cccc(OC)c1. The van der Waals surface area contributed by atoms with E-state index in [-0.39, 0.29) is 6.17 Å². The van der Waals surface area contributed by atoms with Crippen LogP contribution in [0.3, 0.4) is 0 Å². The third-order valence-corrected chi connectivity index (χ3v) is 3.33. The second-order valence-corrected chi connectivity index (χ2v) is 4.51. The van der Waals surface area contributed by atoms with Gasteiger partial charge in [0.15, 0.2) is 0 Å². The Hall–Kier alpha value is -1.10. The third kappa shape index (κ3) is 2.60. The summed E-state index contributed by atoms with van der Waals surface area (Å²) >= 11 is 0. The number of hydrogen-bond donors (Lipinski definition) is 3. The number of hydrogen-bond acceptors (Lipinski definition) is 4. The Kier molecular flexibility index (Phi) is 3.99. The fourth-order valence-electron chi connectivity index (χ4n) is 2.48. The van der Waals surface area contributed by atoms with E-state index in [1.54, 1.807) is 7.11 Å². The lowest BCUT2D eigenvalue weighted by Gasteiger charge is -2.21. The van der Waals surface area contributed by atoms with Crippen LogP contribution < -0.4 is 21.3 Å². The topological polar surface area (TPSA) is 59.3 Å². The molecule has 1 aliphatic rings. The molecule has 1 fully saturated rings. The summed E-state index contributed by atoms with van der Waals surface area (Å²) in [7, 11) is 1.69. The molecule has 3 atom stereocenters. The van der Waals surface area contributed by atoms with Gasteiger partial charge in [-0.1, -0.05) is 25.5 Å². The maximum Gasteiger partial charge on any atom is 0.119 e. The normalized spacial score (nSPS) is 28.3. The predicted octanol–water partition coefficient (Wildman–Crippen LogP) is 1.34. The molecule has 0 bridgehead atoms. The standard InChI is InChI=1S/C13H21N3O/c1-3-5-11-12(13(14)16-15-11)9-6-4-7-10(8-9)17-2/h4,6-8,11-13,15-16H,3,5,14H2,1-2H3. The second-order valence-electron chi connectivity index (χ2n) is 4.51. The molecule has 1 aromatic carbocycles. The number of nitrogens with one attached hydrogen (secondary N) is 2. The average molecular weight is 235 g/mol. The molecule has 17 heavy (non-hydrogen) atoms. The minimum Gasteiger partial charge on any atom is -0.497 e. The quantitative estimate of drug-likeness (QED) is 0.737. The number of hydrazine groups is 1. The molecule has 0 saturated carbocycles. The van der Waals surface area contributed by atoms with Gasteiger partial charge in [0.25, 0.3) is 0 Å². The molecule has 0 aliphatic carbocycles. The van der Waals surface area contributed by atoms with Gasteiger partial charge in [-0.05, 0) is 24.1 Å². The van der Waals surface area contributed by atoms with E-state index in [0.29, 0.717) is 12.0 Å². The molecule has 0 aromatic heterocycles. The van der Waals surface area contributed by atoms with Crippen molar-refractivity contribution in [3.63, 3.8) is 0 Å². The molecule has 94 valence electrons. The fourth-order valence-corrected chi connectivity index (χ4v) is 2.48. The van der Waals surface area contributed by atoms with Gasteiger partial charge in [-0.2, -0.15) is 0 Å². The van der Waals surface area contributed by atoms with E-state index in [9.17, 15) is 0 Å². The minimum absolute atomic E-state index is 0.0429. The Morgan fingerprint density at radius 3 is 2.88 bits per heavy atom. The molecule has 1 aromatic rings. The van der Waals surface area contributed by atoms with Crippen molar-refractivity contribution in [2.24, 2.45) is 5.73 Å². The molecule has 1 saturated heterocycles. The van der Waals surface area contributed by atoms with E-state index in [4.69, 9.17) is 10.5 Å². The monoisotopic (exact) mass is 235 g/mol. The van der Waals surface area contributed by atoms with E-state index < -0.39 is 0 Å². The summed E-state index contributed by atoms with van der Waals surface area (Å²) < 4.78 is 5.26. The number of methoxy groups -OCH3 is 1. The lowest BCUT2D eigenvalue weighted by molar-refractivity contribution is 0.412. The van der Waals surface area contributed by atoms with Gasteiger partial charge < -0.3 is 10.5 Å². The van der Waals surface area contributed by atoms with Gasteiger partial charge in [0.05, 0.1) is 13.3 Å². The van der Waals surface area contributed by atoms with Crippen molar-refractivity contribution in [2.75, 3.05) is 7.11 Å². The van der Waals surface area contributed by atoms with Crippen LogP contribution in [0, 0.1) is 0 Å². The van der Waals surface area contributed by atoms with Crippen LogP contribution in [-0.4, -0.2) is 19.3 Å². The van der Waals surface area contributed by atoms with Gasteiger partial charge in [0.2, 0.25) is 0 Å². The molecule has 4 nitrogen and oxygen atoms in total. The van der Waals surface area contributed by atoms with Crippen molar-refractivity contribution in [3.05, 3.63) is 29.8 Å². The zero-order valence-electron chi connectivity index (χ0n) is 10.4. The van der Waals surface area contributed by atoms with Gasteiger partial charge in [-0.3, -0.25) is 5.43 Å². The lowest BCUT2D eigenvalue weighted by atomic mass is 9.88. The van der Waals surface area contributed by atoms with Crippen molar-refractivity contribution < 1.29 is 4.74 Å². The van der Waals surface area contributed by atoms with E-state index in [1.807, 2.05) is 12.1 Å². The zero-order valence-corrected chi connectivity index (χ0v) is 10.4. The van der Waals surface area contributed by atoms with Crippen LogP contribution in [0.2, 0.25) is 0 Å². The molecule has 4 heteroatoms. The first-order chi connectivity index (χ1) is 8.26. The van der Waals surface area contributed by atoms with E-state index in [1.165, 1.54) is 5.56 Å². The summed E-state index contributed by atoms with van der Waals surface area (Å²) in [4.78, 5) is 0. The molecule has 1 aliphatic heterocycles. The van der Waals surface area contributed by atoms with E-state index >= 15 is 0 Å². The zero-order chi connectivity index (χ0) is 12.3. The highest BCUT2D eigenvalue weighted by Gasteiger charge is 2.34. The molecule has 4 N–H and O–H groups in total. The third-order valence-electron chi connectivity index (χ3n) is 3.33. The second kappa shape index (κ2) is 5.49. The molecule has 0 amide bonds. The van der Waals surface area contributed by atoms with Gasteiger partial charge >= 0.3 is 0 Å². The minimum atomic E-state index is -0.0429. The van der Waals surface area contributed by atoms with Crippen LogP contribution in [0.1, 0.15) is 31.2 Å². The number of rotatable bonds is 4. The van der Waals surface area contributed by atoms with Crippen LogP contribution in [-0.2, 0) is 0 Å². The number of nitrogens with two attached hydrogens (primary N) is 1. The van der Waals surface area contributed by atoms with Crippen LogP contribution in [0.15, 0.2) is 24.3 Å². The Bertz CT molecular complexity index is 367. The average Bonchev–Trinajstić information content (AvgIpc) is 2.71. The molecule has 2 rings (SSSR count). The molecular formula is C13H21N3O.